The molecule has 36 heavy (non-hydrogen) atoms. The van der Waals surface area contributed by atoms with Crippen molar-refractivity contribution < 1.29 is 19.0 Å². The van der Waals surface area contributed by atoms with Crippen LogP contribution >= 0.6 is 11.3 Å². The van der Waals surface area contributed by atoms with Gasteiger partial charge in [0.25, 0.3) is 5.91 Å². The zero-order chi connectivity index (χ0) is 25.6. The molecule has 0 aliphatic carbocycles. The van der Waals surface area contributed by atoms with Crippen molar-refractivity contribution in [3.8, 4) is 34.4 Å². The van der Waals surface area contributed by atoms with Crippen molar-refractivity contribution in [1.29, 1.82) is 5.26 Å². The van der Waals surface area contributed by atoms with E-state index in [4.69, 9.17) is 25.7 Å². The lowest BCUT2D eigenvalue weighted by atomic mass is 9.96. The van der Waals surface area contributed by atoms with Crippen LogP contribution < -0.4 is 30.6 Å². The first kappa shape index (κ1) is 23.3. The lowest BCUT2D eigenvalue weighted by Crippen LogP contribution is -2.28. The summed E-state index contributed by atoms with van der Waals surface area (Å²) in [6.07, 6.45) is 0.771. The number of carbonyl (C=O) groups is 1. The van der Waals surface area contributed by atoms with Crippen molar-refractivity contribution in [2.45, 2.75) is 6.42 Å². The number of nitrogens with zero attached hydrogens (tertiary/aromatic N) is 3. The van der Waals surface area contributed by atoms with Gasteiger partial charge in [-0.2, -0.15) is 5.26 Å². The van der Waals surface area contributed by atoms with Gasteiger partial charge >= 0.3 is 0 Å². The third-order valence-electron chi connectivity index (χ3n) is 6.30. The number of anilines is 3. The topological polar surface area (TPSA) is 137 Å². The number of methoxy groups -OCH3 is 3. The van der Waals surface area contributed by atoms with Crippen molar-refractivity contribution in [3.63, 3.8) is 0 Å². The van der Waals surface area contributed by atoms with Crippen molar-refractivity contribution in [2.24, 2.45) is 0 Å². The Morgan fingerprint density at radius 3 is 2.44 bits per heavy atom. The van der Waals surface area contributed by atoms with E-state index in [1.165, 1.54) is 21.3 Å². The molecule has 0 spiro atoms. The van der Waals surface area contributed by atoms with Crippen molar-refractivity contribution in [1.82, 2.24) is 4.98 Å². The quantitative estimate of drug-likeness (QED) is 0.415. The van der Waals surface area contributed by atoms with E-state index in [0.29, 0.717) is 50.0 Å². The predicted molar refractivity (Wildman–Crippen MR) is 140 cm³/mol. The highest BCUT2D eigenvalue weighted by Gasteiger charge is 2.31. The Bertz CT molecular complexity index is 1550. The van der Waals surface area contributed by atoms with Gasteiger partial charge in [0.15, 0.2) is 11.5 Å². The summed E-state index contributed by atoms with van der Waals surface area (Å²) in [4.78, 5) is 20.6. The number of pyridine rings is 1. The lowest BCUT2D eigenvalue weighted by molar-refractivity contribution is 0.0994. The van der Waals surface area contributed by atoms with Crippen LogP contribution in [-0.2, 0) is 6.42 Å². The molecular formula is C26H23N5O4S. The number of para-hydroxylation sites is 1. The summed E-state index contributed by atoms with van der Waals surface area (Å²) in [5.41, 5.74) is 16.2. The molecule has 2 aromatic carbocycles. The van der Waals surface area contributed by atoms with Gasteiger partial charge in [-0.05, 0) is 35.7 Å². The lowest BCUT2D eigenvalue weighted by Gasteiger charge is -2.17. The highest BCUT2D eigenvalue weighted by molar-refractivity contribution is 7.21. The van der Waals surface area contributed by atoms with E-state index in [1.807, 2.05) is 24.3 Å². The first-order chi connectivity index (χ1) is 17.4. The number of nitrogen functional groups attached to an aromatic ring is 2. The van der Waals surface area contributed by atoms with Gasteiger partial charge in [-0.1, -0.05) is 18.2 Å². The molecule has 0 fully saturated rings. The van der Waals surface area contributed by atoms with Gasteiger partial charge in [-0.3, -0.25) is 4.79 Å². The minimum absolute atomic E-state index is 0.0421. The average Bonchev–Trinajstić information content (AvgIpc) is 3.47. The molecule has 0 atom stereocenters. The third kappa shape index (κ3) is 3.44. The first-order valence-electron chi connectivity index (χ1n) is 11.0. The van der Waals surface area contributed by atoms with Gasteiger partial charge in [0.05, 0.1) is 27.0 Å². The van der Waals surface area contributed by atoms with Gasteiger partial charge in [0.2, 0.25) is 5.75 Å². The van der Waals surface area contributed by atoms with Gasteiger partial charge in [-0.15, -0.1) is 11.3 Å². The Kier molecular flexibility index (Phi) is 5.78. The van der Waals surface area contributed by atoms with Crippen LogP contribution in [0.1, 0.15) is 20.8 Å². The summed E-state index contributed by atoms with van der Waals surface area (Å²) in [5.74, 6) is 1.03. The second kappa shape index (κ2) is 8.94. The van der Waals surface area contributed by atoms with Gasteiger partial charge in [0, 0.05) is 23.2 Å². The molecule has 2 aromatic heterocycles. The Morgan fingerprint density at radius 2 is 1.81 bits per heavy atom. The van der Waals surface area contributed by atoms with E-state index in [2.05, 4.69) is 11.1 Å². The normalized spacial score (nSPS) is 12.3. The smallest absolute Gasteiger partial charge is 0.270 e. The van der Waals surface area contributed by atoms with Crippen LogP contribution in [0.25, 0.3) is 21.3 Å². The van der Waals surface area contributed by atoms with E-state index < -0.39 is 0 Å². The van der Waals surface area contributed by atoms with Crippen molar-refractivity contribution in [2.75, 3.05) is 44.2 Å². The molecule has 0 bridgehead atoms. The average molecular weight is 502 g/mol. The molecule has 4 N–H and O–H groups in total. The summed E-state index contributed by atoms with van der Waals surface area (Å²) >= 11 is 1.16. The molecule has 1 aliphatic heterocycles. The van der Waals surface area contributed by atoms with Crippen LogP contribution in [0.5, 0.6) is 17.2 Å². The van der Waals surface area contributed by atoms with E-state index in [9.17, 15) is 10.1 Å². The Balaban J connectivity index is 1.75. The Labute approximate surface area is 211 Å². The number of fused-ring (bicyclic) bond motifs is 2. The molecule has 4 aromatic rings. The minimum atomic E-state index is -0.214. The fourth-order valence-corrected chi connectivity index (χ4v) is 5.69. The Morgan fingerprint density at radius 1 is 1.11 bits per heavy atom. The van der Waals surface area contributed by atoms with Crippen LogP contribution in [0.4, 0.5) is 17.2 Å². The summed E-state index contributed by atoms with van der Waals surface area (Å²) in [6.45, 7) is 0.560. The summed E-state index contributed by atoms with van der Waals surface area (Å²) in [7, 11) is 4.52. The molecule has 0 unspecified atom stereocenters. The second-order valence-electron chi connectivity index (χ2n) is 8.13. The Hall–Kier alpha value is -4.49. The number of nitrogens with two attached hydrogens (primary N) is 2. The van der Waals surface area contributed by atoms with Crippen LogP contribution in [0.3, 0.4) is 0 Å². The van der Waals surface area contributed by atoms with E-state index in [1.54, 1.807) is 17.0 Å². The number of thiophene rings is 1. The molecule has 0 saturated carbocycles. The molecule has 0 saturated heterocycles. The summed E-state index contributed by atoms with van der Waals surface area (Å²) in [5, 5.41) is 10.5. The SMILES string of the molecule is COc1cc(-c2c(C#N)c(N)nc3sc(C(=O)N4CCc5ccccc54)c(N)c23)cc(OC)c1OC. The number of hydrogen-bond donors (Lipinski definition) is 2. The van der Waals surface area contributed by atoms with Gasteiger partial charge in [-0.25, -0.2) is 4.98 Å². The first-order valence-corrected chi connectivity index (χ1v) is 11.9. The number of aromatic nitrogens is 1. The zero-order valence-corrected chi connectivity index (χ0v) is 20.7. The summed E-state index contributed by atoms with van der Waals surface area (Å²) < 4.78 is 16.5. The maximum atomic E-state index is 13.6. The highest BCUT2D eigenvalue weighted by Crippen LogP contribution is 2.47. The van der Waals surface area contributed by atoms with Crippen molar-refractivity contribution in [3.05, 3.63) is 52.4 Å². The molecule has 5 rings (SSSR count). The number of carbonyl (C=O) groups excluding carboxylic acids is 1. The summed E-state index contributed by atoms with van der Waals surface area (Å²) in [6, 6.07) is 13.4. The molecule has 182 valence electrons. The van der Waals surface area contributed by atoms with Crippen LogP contribution in [-0.4, -0.2) is 38.8 Å². The fourth-order valence-electron chi connectivity index (χ4n) is 4.63. The molecule has 1 aliphatic rings. The molecule has 10 heteroatoms. The number of nitriles is 1. The molecule has 0 radical (unpaired) electrons. The van der Waals surface area contributed by atoms with Gasteiger partial charge < -0.3 is 30.6 Å². The number of rotatable bonds is 5. The van der Waals surface area contributed by atoms with E-state index >= 15 is 0 Å². The van der Waals surface area contributed by atoms with E-state index in [0.717, 1.165) is 29.0 Å². The highest BCUT2D eigenvalue weighted by atomic mass is 32.1. The van der Waals surface area contributed by atoms with Crippen molar-refractivity contribution >= 4 is 44.7 Å². The number of hydrogen-bond acceptors (Lipinski definition) is 9. The molecule has 9 nitrogen and oxygen atoms in total. The van der Waals surface area contributed by atoms with Crippen LogP contribution in [0, 0.1) is 11.3 Å². The second-order valence-corrected chi connectivity index (χ2v) is 9.13. The molecular weight excluding hydrogens is 478 g/mol. The van der Waals surface area contributed by atoms with Crippen LogP contribution in [0.2, 0.25) is 0 Å². The van der Waals surface area contributed by atoms with Crippen LogP contribution in [0.15, 0.2) is 36.4 Å². The minimum Gasteiger partial charge on any atom is -0.493 e. The molecule has 1 amide bonds. The van der Waals surface area contributed by atoms with Gasteiger partial charge in [0.1, 0.15) is 27.2 Å². The predicted octanol–water partition coefficient (Wildman–Crippen LogP) is 4.23. The molecule has 3 heterocycles. The van der Waals surface area contributed by atoms with E-state index in [-0.39, 0.29) is 23.0 Å². The maximum Gasteiger partial charge on any atom is 0.270 e. The number of ether oxygens (including phenoxy) is 3. The monoisotopic (exact) mass is 501 g/mol. The number of amides is 1. The largest absolute Gasteiger partial charge is 0.493 e. The number of benzene rings is 2. The zero-order valence-electron chi connectivity index (χ0n) is 19.9. The third-order valence-corrected chi connectivity index (χ3v) is 7.38. The standard InChI is InChI=1S/C26H23N5O4S/c1-33-17-10-14(11-18(34-2)22(17)35-3)19-15(12-27)24(29)30-25-20(19)21(28)23(36-25)26(32)31-9-8-13-6-4-5-7-16(13)31/h4-7,10-11H,8-9,28H2,1-3H3,(H2,29,30). The fraction of sp³-hybridized carbons (Fsp3) is 0.192. The maximum absolute atomic E-state index is 13.6.